The summed E-state index contributed by atoms with van der Waals surface area (Å²) in [6.45, 7) is 17.5. The van der Waals surface area contributed by atoms with Crippen molar-refractivity contribution in [3.63, 3.8) is 0 Å². The molecule has 39 heavy (non-hydrogen) atoms. The first-order chi connectivity index (χ1) is 17.9. The third-order valence-electron chi connectivity index (χ3n) is 6.47. The van der Waals surface area contributed by atoms with Crippen molar-refractivity contribution in [2.45, 2.75) is 106 Å². The Morgan fingerprint density at radius 3 is 2.13 bits per heavy atom. The predicted octanol–water partition coefficient (Wildman–Crippen LogP) is 9.00. The smallest absolute Gasteiger partial charge is 0.392 e. The number of ketones is 1. The Bertz CT molecular complexity index is 928. The number of allylic oxidation sites excluding steroid dienone is 2. The van der Waals surface area contributed by atoms with E-state index in [-0.39, 0.29) is 18.3 Å². The summed E-state index contributed by atoms with van der Waals surface area (Å²) in [4.78, 5) is 15.8. The molecule has 0 aliphatic carbocycles. The summed E-state index contributed by atoms with van der Waals surface area (Å²) in [5, 5.41) is 13.0. The first-order valence-corrected chi connectivity index (χ1v) is 14.5. The SMILES string of the molecule is CCCC(C)(C)C.COC(CC=CC(C/C=C/C(C)C(O)C(C)C(C)=O)C(F)(F)F)/C(C)=C/c1csc(C)n1. The first kappa shape index (κ1) is 37.2. The van der Waals surface area contributed by atoms with Gasteiger partial charge in [-0.05, 0) is 57.1 Å². The second kappa shape index (κ2) is 17.8. The molecule has 0 fully saturated rings. The molecule has 1 aromatic heterocycles. The number of rotatable bonds is 13. The Morgan fingerprint density at radius 1 is 1.13 bits per heavy atom. The number of aliphatic hydroxyl groups excluding tert-OH is 1. The van der Waals surface area contributed by atoms with Crippen molar-refractivity contribution in [3.8, 4) is 0 Å². The van der Waals surface area contributed by atoms with E-state index in [2.05, 4.69) is 32.7 Å². The molecule has 5 unspecified atom stereocenters. The summed E-state index contributed by atoms with van der Waals surface area (Å²) in [7, 11) is 1.53. The van der Waals surface area contributed by atoms with E-state index in [1.54, 1.807) is 13.8 Å². The van der Waals surface area contributed by atoms with Crippen LogP contribution in [0.1, 0.15) is 91.8 Å². The zero-order valence-electron chi connectivity index (χ0n) is 25.4. The van der Waals surface area contributed by atoms with Gasteiger partial charge in [-0.2, -0.15) is 13.2 Å². The highest BCUT2D eigenvalue weighted by Crippen LogP contribution is 2.31. The van der Waals surface area contributed by atoms with Gasteiger partial charge < -0.3 is 9.84 Å². The number of aliphatic hydroxyl groups is 1. The van der Waals surface area contributed by atoms with Crippen LogP contribution >= 0.6 is 11.3 Å². The Morgan fingerprint density at radius 2 is 1.72 bits per heavy atom. The highest BCUT2D eigenvalue weighted by molar-refractivity contribution is 7.09. The second-order valence-electron chi connectivity index (χ2n) is 11.4. The van der Waals surface area contributed by atoms with Gasteiger partial charge in [-0.25, -0.2) is 4.98 Å². The molecule has 0 bridgehead atoms. The number of nitrogens with zero attached hydrogens (tertiary/aromatic N) is 1. The molecule has 0 saturated carbocycles. The van der Waals surface area contributed by atoms with Gasteiger partial charge in [0.2, 0.25) is 0 Å². The molecule has 0 spiro atoms. The third kappa shape index (κ3) is 16.2. The maximum atomic E-state index is 13.5. The summed E-state index contributed by atoms with van der Waals surface area (Å²) < 4.78 is 45.8. The fourth-order valence-corrected chi connectivity index (χ4v) is 4.50. The van der Waals surface area contributed by atoms with Gasteiger partial charge in [-0.15, -0.1) is 11.3 Å². The Balaban J connectivity index is 0.00000181. The van der Waals surface area contributed by atoms with Gasteiger partial charge >= 0.3 is 6.18 Å². The Kier molecular flexibility index (Phi) is 17.0. The molecule has 0 amide bonds. The van der Waals surface area contributed by atoms with E-state index in [1.165, 1.54) is 56.4 Å². The monoisotopic (exact) mass is 573 g/mol. The highest BCUT2D eigenvalue weighted by atomic mass is 32.1. The van der Waals surface area contributed by atoms with Crippen LogP contribution in [0, 0.1) is 30.1 Å². The molecule has 1 aromatic rings. The number of ether oxygens (including phenoxy) is 1. The van der Waals surface area contributed by atoms with Crippen LogP contribution in [0.5, 0.6) is 0 Å². The van der Waals surface area contributed by atoms with Crippen LogP contribution in [0.25, 0.3) is 6.08 Å². The van der Waals surface area contributed by atoms with E-state index in [0.29, 0.717) is 11.8 Å². The summed E-state index contributed by atoms with van der Waals surface area (Å²) >= 11 is 1.53. The van der Waals surface area contributed by atoms with Gasteiger partial charge in [0.05, 0.1) is 28.8 Å². The van der Waals surface area contributed by atoms with Crippen LogP contribution in [0.2, 0.25) is 0 Å². The molecule has 0 aliphatic rings. The van der Waals surface area contributed by atoms with E-state index in [4.69, 9.17) is 4.74 Å². The van der Waals surface area contributed by atoms with Crippen LogP contribution in [0.15, 0.2) is 35.3 Å². The number of carbonyl (C=O) groups is 1. The number of thiazole rings is 1. The quantitative estimate of drug-likeness (QED) is 0.239. The molecule has 5 atom stereocenters. The van der Waals surface area contributed by atoms with Crippen molar-refractivity contribution in [1.29, 1.82) is 0 Å². The molecule has 1 rings (SSSR count). The Labute approximate surface area is 238 Å². The highest BCUT2D eigenvalue weighted by Gasteiger charge is 2.36. The van der Waals surface area contributed by atoms with Gasteiger partial charge in [0.1, 0.15) is 5.78 Å². The molecule has 224 valence electrons. The maximum absolute atomic E-state index is 13.5. The molecule has 4 nitrogen and oxygen atoms in total. The summed E-state index contributed by atoms with van der Waals surface area (Å²) in [5.74, 6) is -2.79. The van der Waals surface area contributed by atoms with E-state index < -0.39 is 30.0 Å². The minimum Gasteiger partial charge on any atom is -0.392 e. The van der Waals surface area contributed by atoms with Gasteiger partial charge in [0, 0.05) is 24.3 Å². The lowest BCUT2D eigenvalue weighted by atomic mass is 9.90. The lowest BCUT2D eigenvalue weighted by Crippen LogP contribution is -2.29. The molecular formula is C31H50F3NO3S. The van der Waals surface area contributed by atoms with E-state index in [1.807, 2.05) is 25.3 Å². The lowest BCUT2D eigenvalue weighted by Gasteiger charge is -2.21. The largest absolute Gasteiger partial charge is 0.395 e. The van der Waals surface area contributed by atoms with Crippen molar-refractivity contribution < 1.29 is 27.8 Å². The zero-order chi connectivity index (χ0) is 30.4. The molecule has 0 saturated heterocycles. The molecule has 0 aromatic carbocycles. The number of carbonyl (C=O) groups excluding carboxylic acids is 1. The number of Topliss-reactive ketones (excluding diaryl/α,β-unsaturated/α-hetero) is 1. The minimum atomic E-state index is -4.39. The molecule has 0 aliphatic heterocycles. The number of methoxy groups -OCH3 is 1. The van der Waals surface area contributed by atoms with E-state index >= 15 is 0 Å². The van der Waals surface area contributed by atoms with Crippen molar-refractivity contribution >= 4 is 23.2 Å². The van der Waals surface area contributed by atoms with Crippen LogP contribution in [-0.4, -0.2) is 41.4 Å². The molecular weight excluding hydrogens is 523 g/mol. The number of aromatic nitrogens is 1. The van der Waals surface area contributed by atoms with Crippen molar-refractivity contribution in [2.75, 3.05) is 7.11 Å². The standard InChI is InChI=1S/C24H34F3NO3S.C7H16/c1-15(23(30)17(3)18(4)29)9-7-10-20(24(25,26)27)11-8-12-22(31-6)16(2)13-21-14-32-19(5)28-21;1-5-6-7(2,3)4/h7-9,11,13-15,17,20,22-23,30H,10,12H2,1-6H3;5-6H2,1-4H3/b9-7+,11-8?,16-13+;. The van der Waals surface area contributed by atoms with Gasteiger partial charge in [0.15, 0.2) is 0 Å². The average molecular weight is 574 g/mol. The zero-order valence-corrected chi connectivity index (χ0v) is 26.2. The molecule has 8 heteroatoms. The first-order valence-electron chi connectivity index (χ1n) is 13.6. The molecule has 1 N–H and O–H groups in total. The fourth-order valence-electron chi connectivity index (χ4n) is 3.93. The fraction of sp³-hybridized carbons (Fsp3) is 0.677. The maximum Gasteiger partial charge on any atom is 0.395 e. The van der Waals surface area contributed by atoms with Crippen LogP contribution in [-0.2, 0) is 9.53 Å². The van der Waals surface area contributed by atoms with Gasteiger partial charge in [-0.3, -0.25) is 4.79 Å². The predicted molar refractivity (Wildman–Crippen MR) is 158 cm³/mol. The summed E-state index contributed by atoms with van der Waals surface area (Å²) in [6.07, 6.45) is 4.56. The van der Waals surface area contributed by atoms with Crippen LogP contribution in [0.3, 0.4) is 0 Å². The second-order valence-corrected chi connectivity index (χ2v) is 12.5. The normalized spacial score (nSPS) is 17.0. The molecule has 1 heterocycles. The van der Waals surface area contributed by atoms with Gasteiger partial charge in [0.25, 0.3) is 0 Å². The van der Waals surface area contributed by atoms with Crippen molar-refractivity contribution in [3.05, 3.63) is 46.0 Å². The summed E-state index contributed by atoms with van der Waals surface area (Å²) in [5.41, 5.74) is 2.24. The molecule has 0 radical (unpaired) electrons. The van der Waals surface area contributed by atoms with Crippen molar-refractivity contribution in [1.82, 2.24) is 4.98 Å². The van der Waals surface area contributed by atoms with Crippen molar-refractivity contribution in [2.24, 2.45) is 23.2 Å². The lowest BCUT2D eigenvalue weighted by molar-refractivity contribution is -0.160. The number of halogens is 3. The third-order valence-corrected chi connectivity index (χ3v) is 7.26. The number of aryl methyl sites for hydroxylation is 1. The van der Waals surface area contributed by atoms with Crippen LogP contribution < -0.4 is 0 Å². The summed E-state index contributed by atoms with van der Waals surface area (Å²) in [6, 6.07) is 0. The van der Waals surface area contributed by atoms with Gasteiger partial charge in [-0.1, -0.05) is 72.3 Å². The van der Waals surface area contributed by atoms with Crippen LogP contribution in [0.4, 0.5) is 13.2 Å². The minimum absolute atomic E-state index is 0.157. The Hall–Kier alpha value is -1.77. The number of hydrogen-bond acceptors (Lipinski definition) is 5. The number of hydrogen-bond donors (Lipinski definition) is 1. The van der Waals surface area contributed by atoms with E-state index in [9.17, 15) is 23.1 Å². The van der Waals surface area contributed by atoms with E-state index in [0.717, 1.165) is 22.4 Å². The topological polar surface area (TPSA) is 59.4 Å². The number of alkyl halides is 3. The average Bonchev–Trinajstić information content (AvgIpc) is 3.22.